The molecule has 1 N–H and O–H groups in total. The van der Waals surface area contributed by atoms with Crippen LogP contribution in [-0.2, 0) is 11.3 Å². The van der Waals surface area contributed by atoms with Crippen molar-refractivity contribution in [3.8, 4) is 11.4 Å². The Morgan fingerprint density at radius 2 is 2.24 bits per heavy atom. The highest BCUT2D eigenvalue weighted by Crippen LogP contribution is 2.43. The van der Waals surface area contributed by atoms with Gasteiger partial charge < -0.3 is 5.11 Å². The zero-order chi connectivity index (χ0) is 15.0. The van der Waals surface area contributed by atoms with E-state index in [4.69, 9.17) is 11.6 Å². The van der Waals surface area contributed by atoms with E-state index in [-0.39, 0.29) is 6.54 Å². The minimum Gasteiger partial charge on any atom is -0.481 e. The molecule has 1 aromatic carbocycles. The molecule has 21 heavy (non-hydrogen) atoms. The molecule has 6 nitrogen and oxygen atoms in total. The Kier molecular flexibility index (Phi) is 3.71. The first-order valence-corrected chi connectivity index (χ1v) is 7.64. The summed E-state index contributed by atoms with van der Waals surface area (Å²) in [5, 5.41) is 21.5. The van der Waals surface area contributed by atoms with E-state index in [1.165, 1.54) is 4.68 Å². The summed E-state index contributed by atoms with van der Waals surface area (Å²) < 4.78 is 2.39. The fraction of sp³-hybridized carbons (Fsp3) is 0.385. The minimum absolute atomic E-state index is 0.261. The van der Waals surface area contributed by atoms with E-state index in [1.807, 2.05) is 12.1 Å². The lowest BCUT2D eigenvalue weighted by Gasteiger charge is -2.37. The van der Waals surface area contributed by atoms with E-state index in [2.05, 4.69) is 31.5 Å². The molecule has 1 fully saturated rings. The SMILES string of the molecule is O=C(O)C1(Cn2nnnc2-c2ccc(Br)cc2Cl)CCC1. The Bertz CT molecular complexity index is 699. The van der Waals surface area contributed by atoms with Gasteiger partial charge in [-0.05, 0) is 41.5 Å². The lowest BCUT2D eigenvalue weighted by molar-refractivity contribution is -0.156. The van der Waals surface area contributed by atoms with Crippen LogP contribution >= 0.6 is 27.5 Å². The third-order valence-corrected chi connectivity index (χ3v) is 4.73. The largest absolute Gasteiger partial charge is 0.481 e. The van der Waals surface area contributed by atoms with Gasteiger partial charge in [-0.15, -0.1) is 5.10 Å². The monoisotopic (exact) mass is 370 g/mol. The number of hydrogen-bond acceptors (Lipinski definition) is 4. The number of halogens is 2. The summed E-state index contributed by atoms with van der Waals surface area (Å²) in [6.07, 6.45) is 2.22. The summed E-state index contributed by atoms with van der Waals surface area (Å²) in [5.74, 6) is -0.308. The van der Waals surface area contributed by atoms with Gasteiger partial charge in [-0.1, -0.05) is 34.0 Å². The van der Waals surface area contributed by atoms with E-state index >= 15 is 0 Å². The lowest BCUT2D eigenvalue weighted by Crippen LogP contribution is -2.42. The van der Waals surface area contributed by atoms with Crippen LogP contribution in [0.25, 0.3) is 11.4 Å². The number of tetrazole rings is 1. The number of carbonyl (C=O) groups is 1. The van der Waals surface area contributed by atoms with Crippen LogP contribution in [0.4, 0.5) is 0 Å². The maximum atomic E-state index is 11.5. The van der Waals surface area contributed by atoms with Crippen LogP contribution in [0, 0.1) is 5.41 Å². The zero-order valence-electron chi connectivity index (χ0n) is 11.0. The highest BCUT2D eigenvalue weighted by Gasteiger charge is 2.45. The maximum Gasteiger partial charge on any atom is 0.311 e. The first-order chi connectivity index (χ1) is 10.0. The van der Waals surface area contributed by atoms with Gasteiger partial charge in [0.1, 0.15) is 0 Å². The fourth-order valence-electron chi connectivity index (χ4n) is 2.50. The van der Waals surface area contributed by atoms with E-state index in [9.17, 15) is 9.90 Å². The van der Waals surface area contributed by atoms with E-state index in [1.54, 1.807) is 6.07 Å². The smallest absolute Gasteiger partial charge is 0.311 e. The molecular weight excluding hydrogens is 360 g/mol. The Balaban J connectivity index is 1.96. The highest BCUT2D eigenvalue weighted by atomic mass is 79.9. The van der Waals surface area contributed by atoms with Crippen molar-refractivity contribution in [2.75, 3.05) is 0 Å². The molecular formula is C13H12BrClN4O2. The summed E-state index contributed by atoms with van der Waals surface area (Å²) in [6, 6.07) is 5.41. The van der Waals surface area contributed by atoms with Gasteiger partial charge in [0.2, 0.25) is 0 Å². The van der Waals surface area contributed by atoms with Crippen molar-refractivity contribution in [2.24, 2.45) is 5.41 Å². The maximum absolute atomic E-state index is 11.5. The molecule has 0 bridgehead atoms. The topological polar surface area (TPSA) is 80.9 Å². The van der Waals surface area contributed by atoms with Crippen LogP contribution < -0.4 is 0 Å². The Labute approximate surface area is 134 Å². The van der Waals surface area contributed by atoms with E-state index in [0.717, 1.165) is 10.9 Å². The molecule has 0 amide bonds. The quantitative estimate of drug-likeness (QED) is 0.893. The predicted molar refractivity (Wildman–Crippen MR) is 79.9 cm³/mol. The van der Waals surface area contributed by atoms with Gasteiger partial charge in [-0.2, -0.15) is 0 Å². The van der Waals surface area contributed by atoms with Gasteiger partial charge in [0.25, 0.3) is 0 Å². The number of aromatic nitrogens is 4. The number of aliphatic carboxylic acids is 1. The number of benzene rings is 1. The van der Waals surface area contributed by atoms with Crippen LogP contribution in [0.2, 0.25) is 5.02 Å². The molecule has 1 aromatic heterocycles. The molecule has 1 aliphatic rings. The Morgan fingerprint density at radius 3 is 2.81 bits per heavy atom. The number of carboxylic acid groups (broad SMARTS) is 1. The number of rotatable bonds is 4. The second-order valence-corrected chi connectivity index (χ2v) is 6.55. The molecule has 0 unspecified atom stereocenters. The van der Waals surface area contributed by atoms with Gasteiger partial charge in [0.05, 0.1) is 17.0 Å². The van der Waals surface area contributed by atoms with Gasteiger partial charge in [-0.3, -0.25) is 4.79 Å². The molecule has 110 valence electrons. The van der Waals surface area contributed by atoms with Crippen molar-refractivity contribution in [1.29, 1.82) is 0 Å². The second kappa shape index (κ2) is 5.38. The third kappa shape index (κ3) is 2.55. The molecule has 3 rings (SSSR count). The molecule has 0 aliphatic heterocycles. The van der Waals surface area contributed by atoms with Crippen LogP contribution in [0.15, 0.2) is 22.7 Å². The third-order valence-electron chi connectivity index (χ3n) is 3.92. The van der Waals surface area contributed by atoms with Crippen molar-refractivity contribution in [3.05, 3.63) is 27.7 Å². The molecule has 0 spiro atoms. The summed E-state index contributed by atoms with van der Waals surface area (Å²) >= 11 is 9.57. The first kappa shape index (κ1) is 14.5. The molecule has 0 radical (unpaired) electrons. The van der Waals surface area contributed by atoms with E-state index < -0.39 is 11.4 Å². The van der Waals surface area contributed by atoms with E-state index in [0.29, 0.717) is 29.3 Å². The van der Waals surface area contributed by atoms with Crippen LogP contribution in [-0.4, -0.2) is 31.3 Å². The summed E-state index contributed by atoms with van der Waals surface area (Å²) in [5.41, 5.74) is -0.0730. The van der Waals surface area contributed by atoms with Gasteiger partial charge in [-0.25, -0.2) is 4.68 Å². The molecule has 1 saturated carbocycles. The summed E-state index contributed by atoms with van der Waals surface area (Å²) in [7, 11) is 0. The first-order valence-electron chi connectivity index (χ1n) is 6.47. The van der Waals surface area contributed by atoms with Crippen molar-refractivity contribution in [3.63, 3.8) is 0 Å². The van der Waals surface area contributed by atoms with Crippen LogP contribution in [0.5, 0.6) is 0 Å². The minimum atomic E-state index is -0.794. The molecule has 0 atom stereocenters. The predicted octanol–water partition coefficient (Wildman–Crippen LogP) is 3.01. The Hall–Kier alpha value is -1.47. The lowest BCUT2D eigenvalue weighted by atomic mass is 9.69. The molecule has 2 aromatic rings. The second-order valence-electron chi connectivity index (χ2n) is 5.22. The van der Waals surface area contributed by atoms with Gasteiger partial charge >= 0.3 is 5.97 Å². The zero-order valence-corrected chi connectivity index (χ0v) is 13.3. The van der Waals surface area contributed by atoms with Gasteiger partial charge in [0, 0.05) is 10.0 Å². The highest BCUT2D eigenvalue weighted by molar-refractivity contribution is 9.10. The summed E-state index contributed by atoms with van der Waals surface area (Å²) in [6.45, 7) is 0.261. The molecule has 1 aliphatic carbocycles. The van der Waals surface area contributed by atoms with Crippen molar-refractivity contribution in [1.82, 2.24) is 20.2 Å². The van der Waals surface area contributed by atoms with Crippen molar-refractivity contribution in [2.45, 2.75) is 25.8 Å². The average molecular weight is 372 g/mol. The fourth-order valence-corrected chi connectivity index (χ4v) is 3.26. The number of hydrogen-bond donors (Lipinski definition) is 1. The van der Waals surface area contributed by atoms with Crippen molar-refractivity contribution < 1.29 is 9.90 Å². The summed E-state index contributed by atoms with van der Waals surface area (Å²) in [4.78, 5) is 11.5. The number of nitrogens with zero attached hydrogens (tertiary/aromatic N) is 4. The van der Waals surface area contributed by atoms with Crippen LogP contribution in [0.1, 0.15) is 19.3 Å². The number of carboxylic acids is 1. The Morgan fingerprint density at radius 1 is 1.48 bits per heavy atom. The van der Waals surface area contributed by atoms with Crippen molar-refractivity contribution >= 4 is 33.5 Å². The molecule has 8 heteroatoms. The van der Waals surface area contributed by atoms with Gasteiger partial charge in [0.15, 0.2) is 5.82 Å². The average Bonchev–Trinajstić information content (AvgIpc) is 2.81. The normalized spacial score (nSPS) is 16.5. The molecule has 0 saturated heterocycles. The standard InChI is InChI=1S/C13H12BrClN4O2/c14-8-2-3-9(10(15)6-8)11-16-17-18-19(11)7-13(12(20)21)4-1-5-13/h2-3,6H,1,4-5,7H2,(H,20,21). The van der Waals surface area contributed by atoms with Crippen LogP contribution in [0.3, 0.4) is 0 Å². The molecule has 1 heterocycles.